The molecular weight excluding hydrogens is 242 g/mol. The largest absolute Gasteiger partial charge is 0.397 e. The predicted molar refractivity (Wildman–Crippen MR) is 73.8 cm³/mol. The first kappa shape index (κ1) is 13.1. The molecule has 0 spiro atoms. The first-order valence-corrected chi connectivity index (χ1v) is 6.14. The van der Waals surface area contributed by atoms with Crippen LogP contribution in [0.15, 0.2) is 28.8 Å². The van der Waals surface area contributed by atoms with E-state index in [9.17, 15) is 4.79 Å². The average Bonchev–Trinajstić information content (AvgIpc) is 2.70. The number of aryl methyl sites for hydroxylation is 2. The Hall–Kier alpha value is -2.30. The number of anilines is 2. The summed E-state index contributed by atoms with van der Waals surface area (Å²) in [6.45, 7) is 3.72. The van der Waals surface area contributed by atoms with Gasteiger partial charge in [-0.1, -0.05) is 17.3 Å². The number of hydrogen-bond donors (Lipinski definition) is 2. The van der Waals surface area contributed by atoms with Crippen LogP contribution in [0.1, 0.15) is 23.4 Å². The highest BCUT2D eigenvalue weighted by atomic mass is 16.5. The molecule has 0 aliphatic rings. The van der Waals surface area contributed by atoms with E-state index in [1.54, 1.807) is 12.1 Å². The van der Waals surface area contributed by atoms with Gasteiger partial charge in [0.15, 0.2) is 0 Å². The van der Waals surface area contributed by atoms with Crippen molar-refractivity contribution in [2.45, 2.75) is 26.7 Å². The van der Waals surface area contributed by atoms with E-state index in [-0.39, 0.29) is 5.91 Å². The van der Waals surface area contributed by atoms with Crippen molar-refractivity contribution in [3.05, 3.63) is 41.3 Å². The van der Waals surface area contributed by atoms with Crippen molar-refractivity contribution in [2.75, 3.05) is 11.1 Å². The molecule has 3 N–H and O–H groups in total. The zero-order chi connectivity index (χ0) is 13.8. The third kappa shape index (κ3) is 3.13. The smallest absolute Gasteiger partial charge is 0.224 e. The van der Waals surface area contributed by atoms with E-state index in [4.69, 9.17) is 10.3 Å². The zero-order valence-corrected chi connectivity index (χ0v) is 11.1. The number of nitrogens with one attached hydrogen (secondary N) is 1. The highest BCUT2D eigenvalue weighted by Gasteiger charge is 2.11. The molecule has 1 aromatic carbocycles. The molecule has 0 aliphatic carbocycles. The lowest BCUT2D eigenvalue weighted by atomic mass is 10.1. The number of nitrogens with zero attached hydrogens (tertiary/aromatic N) is 1. The van der Waals surface area contributed by atoms with Crippen LogP contribution >= 0.6 is 0 Å². The summed E-state index contributed by atoms with van der Waals surface area (Å²) in [5.74, 6) is 0.697. The second-order valence-electron chi connectivity index (χ2n) is 4.44. The van der Waals surface area contributed by atoms with Crippen molar-refractivity contribution in [3.63, 3.8) is 0 Å². The zero-order valence-electron chi connectivity index (χ0n) is 11.1. The molecule has 5 heteroatoms. The molecule has 2 aromatic rings. The summed E-state index contributed by atoms with van der Waals surface area (Å²) < 4.78 is 5.06. The van der Waals surface area contributed by atoms with Crippen LogP contribution in [0.5, 0.6) is 0 Å². The van der Waals surface area contributed by atoms with Crippen molar-refractivity contribution < 1.29 is 9.32 Å². The molecule has 5 nitrogen and oxygen atoms in total. The fourth-order valence-corrected chi connectivity index (χ4v) is 1.92. The van der Waals surface area contributed by atoms with E-state index < -0.39 is 0 Å². The molecule has 1 heterocycles. The van der Waals surface area contributed by atoms with Gasteiger partial charge in [0.2, 0.25) is 5.91 Å². The Bertz CT molecular complexity index is 571. The Balaban J connectivity index is 1.94. The SMILES string of the molecule is Cc1noc(C)c1CCC(=O)Nc1ccccc1N. The summed E-state index contributed by atoms with van der Waals surface area (Å²) in [6.07, 6.45) is 0.983. The van der Waals surface area contributed by atoms with E-state index in [0.717, 1.165) is 17.0 Å². The van der Waals surface area contributed by atoms with E-state index in [1.165, 1.54) is 0 Å². The van der Waals surface area contributed by atoms with Crippen molar-refractivity contribution in [1.82, 2.24) is 5.16 Å². The van der Waals surface area contributed by atoms with Crippen LogP contribution in [0.2, 0.25) is 0 Å². The number of amides is 1. The quantitative estimate of drug-likeness (QED) is 0.826. The fraction of sp³-hybridized carbons (Fsp3) is 0.286. The van der Waals surface area contributed by atoms with E-state index in [0.29, 0.717) is 24.2 Å². The van der Waals surface area contributed by atoms with Crippen LogP contribution in [-0.4, -0.2) is 11.1 Å². The summed E-state index contributed by atoms with van der Waals surface area (Å²) in [5, 5.41) is 6.66. The average molecular weight is 259 g/mol. The summed E-state index contributed by atoms with van der Waals surface area (Å²) in [4.78, 5) is 11.9. The highest BCUT2D eigenvalue weighted by Crippen LogP contribution is 2.18. The number of aromatic nitrogens is 1. The second-order valence-corrected chi connectivity index (χ2v) is 4.44. The number of carbonyl (C=O) groups is 1. The minimum Gasteiger partial charge on any atom is -0.397 e. The highest BCUT2D eigenvalue weighted by molar-refractivity contribution is 5.93. The molecule has 0 saturated heterocycles. The standard InChI is InChI=1S/C14H17N3O2/c1-9-11(10(2)19-17-9)7-8-14(18)16-13-6-4-3-5-12(13)15/h3-6H,7-8,15H2,1-2H3,(H,16,18). The summed E-state index contributed by atoms with van der Waals surface area (Å²) in [5.41, 5.74) is 8.81. The molecule has 0 bridgehead atoms. The summed E-state index contributed by atoms with van der Waals surface area (Å²) in [7, 11) is 0. The van der Waals surface area contributed by atoms with Crippen molar-refractivity contribution >= 4 is 17.3 Å². The van der Waals surface area contributed by atoms with E-state index in [2.05, 4.69) is 10.5 Å². The Morgan fingerprint density at radius 2 is 2.11 bits per heavy atom. The van der Waals surface area contributed by atoms with Crippen LogP contribution < -0.4 is 11.1 Å². The Kier molecular flexibility index (Phi) is 3.85. The number of benzene rings is 1. The molecule has 19 heavy (non-hydrogen) atoms. The predicted octanol–water partition coefficient (Wildman–Crippen LogP) is 2.44. The number of nitrogens with two attached hydrogens (primary N) is 1. The minimum absolute atomic E-state index is 0.0714. The monoisotopic (exact) mass is 259 g/mol. The maximum Gasteiger partial charge on any atom is 0.224 e. The van der Waals surface area contributed by atoms with Crippen LogP contribution in [0, 0.1) is 13.8 Å². The maximum atomic E-state index is 11.9. The molecule has 0 fully saturated rings. The van der Waals surface area contributed by atoms with Gasteiger partial charge in [0.05, 0.1) is 17.1 Å². The molecule has 0 aliphatic heterocycles. The lowest BCUT2D eigenvalue weighted by molar-refractivity contribution is -0.116. The molecule has 1 aromatic heterocycles. The van der Waals surface area contributed by atoms with E-state index in [1.807, 2.05) is 26.0 Å². The van der Waals surface area contributed by atoms with Gasteiger partial charge >= 0.3 is 0 Å². The van der Waals surface area contributed by atoms with Crippen molar-refractivity contribution in [3.8, 4) is 0 Å². The third-order valence-corrected chi connectivity index (χ3v) is 3.02. The van der Waals surface area contributed by atoms with Gasteiger partial charge < -0.3 is 15.6 Å². The molecule has 100 valence electrons. The maximum absolute atomic E-state index is 11.9. The van der Waals surface area contributed by atoms with Crippen molar-refractivity contribution in [1.29, 1.82) is 0 Å². The second kappa shape index (κ2) is 5.56. The minimum atomic E-state index is -0.0714. The molecular formula is C14H17N3O2. The normalized spacial score (nSPS) is 10.4. The molecule has 0 atom stereocenters. The van der Waals surface area contributed by atoms with Gasteiger partial charge in [-0.05, 0) is 32.4 Å². The Morgan fingerprint density at radius 1 is 1.37 bits per heavy atom. The van der Waals surface area contributed by atoms with Gasteiger partial charge in [0.25, 0.3) is 0 Å². The first-order valence-electron chi connectivity index (χ1n) is 6.14. The van der Waals surface area contributed by atoms with Gasteiger partial charge in [-0.3, -0.25) is 4.79 Å². The molecule has 0 unspecified atom stereocenters. The van der Waals surface area contributed by atoms with Crippen LogP contribution in [0.3, 0.4) is 0 Å². The van der Waals surface area contributed by atoms with Crippen LogP contribution in [0.25, 0.3) is 0 Å². The number of nitrogen functional groups attached to an aromatic ring is 1. The van der Waals surface area contributed by atoms with Gasteiger partial charge in [0.1, 0.15) is 5.76 Å². The van der Waals surface area contributed by atoms with Crippen LogP contribution in [-0.2, 0) is 11.2 Å². The lowest BCUT2D eigenvalue weighted by Crippen LogP contribution is -2.13. The lowest BCUT2D eigenvalue weighted by Gasteiger charge is -2.07. The molecule has 0 saturated carbocycles. The first-order chi connectivity index (χ1) is 9.08. The number of para-hydroxylation sites is 2. The number of rotatable bonds is 4. The summed E-state index contributed by atoms with van der Waals surface area (Å²) in [6, 6.07) is 7.20. The summed E-state index contributed by atoms with van der Waals surface area (Å²) >= 11 is 0. The molecule has 1 amide bonds. The Labute approximate surface area is 111 Å². The van der Waals surface area contributed by atoms with Crippen molar-refractivity contribution in [2.24, 2.45) is 0 Å². The van der Waals surface area contributed by atoms with Gasteiger partial charge in [-0.15, -0.1) is 0 Å². The topological polar surface area (TPSA) is 81.2 Å². The fourth-order valence-electron chi connectivity index (χ4n) is 1.92. The van der Waals surface area contributed by atoms with Crippen LogP contribution in [0.4, 0.5) is 11.4 Å². The third-order valence-electron chi connectivity index (χ3n) is 3.02. The number of carbonyl (C=O) groups excluding carboxylic acids is 1. The molecule has 0 radical (unpaired) electrons. The Morgan fingerprint density at radius 3 is 2.74 bits per heavy atom. The van der Waals surface area contributed by atoms with E-state index >= 15 is 0 Å². The van der Waals surface area contributed by atoms with Gasteiger partial charge in [-0.2, -0.15) is 0 Å². The van der Waals surface area contributed by atoms with Gasteiger partial charge in [-0.25, -0.2) is 0 Å². The van der Waals surface area contributed by atoms with Gasteiger partial charge in [0, 0.05) is 12.0 Å². The number of hydrogen-bond acceptors (Lipinski definition) is 4. The molecule has 2 rings (SSSR count).